The van der Waals surface area contributed by atoms with Crippen LogP contribution in [0.3, 0.4) is 0 Å². The zero-order valence-corrected chi connectivity index (χ0v) is 15.0. The zero-order chi connectivity index (χ0) is 18.6. The van der Waals surface area contributed by atoms with Crippen LogP contribution >= 0.6 is 0 Å². The predicted octanol–water partition coefficient (Wildman–Crippen LogP) is 1.07. The quantitative estimate of drug-likeness (QED) is 0.774. The minimum Gasteiger partial charge on any atom is -0.482 e. The molecule has 2 N–H and O–H groups in total. The van der Waals surface area contributed by atoms with E-state index in [0.717, 1.165) is 5.56 Å². The van der Waals surface area contributed by atoms with Crippen LogP contribution in [-0.2, 0) is 19.6 Å². The Morgan fingerprint density at radius 1 is 1.32 bits per heavy atom. The molecular formula is C16H22N2O6S. The average Bonchev–Trinajstić information content (AvgIpc) is 2.54. The van der Waals surface area contributed by atoms with Gasteiger partial charge in [0, 0.05) is 24.7 Å². The summed E-state index contributed by atoms with van der Waals surface area (Å²) in [6, 6.07) is 4.92. The number of anilines is 1. The number of hydrogen-bond acceptors (Lipinski definition) is 5. The van der Waals surface area contributed by atoms with E-state index >= 15 is 0 Å². The number of carbonyl (C=O) groups is 2. The lowest BCUT2D eigenvalue weighted by molar-refractivity contribution is -0.139. The lowest BCUT2D eigenvalue weighted by Gasteiger charge is -2.29. The third-order valence-electron chi connectivity index (χ3n) is 4.11. The molecular weight excluding hydrogens is 348 g/mol. The van der Waals surface area contributed by atoms with Gasteiger partial charge in [-0.15, -0.1) is 0 Å². The van der Waals surface area contributed by atoms with Gasteiger partial charge in [-0.3, -0.25) is 4.79 Å². The predicted molar refractivity (Wildman–Crippen MR) is 92.1 cm³/mol. The van der Waals surface area contributed by atoms with Gasteiger partial charge in [0.05, 0.1) is 6.26 Å². The van der Waals surface area contributed by atoms with Crippen LogP contribution in [0.25, 0.3) is 0 Å². The van der Waals surface area contributed by atoms with Gasteiger partial charge in [-0.2, -0.15) is 0 Å². The molecule has 0 bridgehead atoms. The lowest BCUT2D eigenvalue weighted by Crippen LogP contribution is -2.40. The maximum absolute atomic E-state index is 12.4. The van der Waals surface area contributed by atoms with Crippen molar-refractivity contribution in [1.82, 2.24) is 4.31 Å². The van der Waals surface area contributed by atoms with Gasteiger partial charge in [0.15, 0.2) is 6.61 Å². The molecule has 9 heteroatoms. The van der Waals surface area contributed by atoms with Gasteiger partial charge in [0.2, 0.25) is 15.9 Å². The molecule has 1 aromatic carbocycles. The number of aryl methyl sites for hydroxylation is 1. The van der Waals surface area contributed by atoms with Gasteiger partial charge < -0.3 is 15.2 Å². The molecule has 8 nitrogen and oxygen atoms in total. The van der Waals surface area contributed by atoms with Crippen molar-refractivity contribution in [2.75, 3.05) is 31.3 Å². The van der Waals surface area contributed by atoms with E-state index in [2.05, 4.69) is 5.32 Å². The number of nitrogens with one attached hydrogen (secondary N) is 1. The smallest absolute Gasteiger partial charge is 0.341 e. The molecule has 1 fully saturated rings. The normalized spacial score (nSPS) is 16.4. The Hall–Kier alpha value is -2.13. The van der Waals surface area contributed by atoms with Crippen LogP contribution in [0.2, 0.25) is 0 Å². The number of sulfonamides is 1. The summed E-state index contributed by atoms with van der Waals surface area (Å²) in [5.41, 5.74) is 1.38. The minimum atomic E-state index is -3.21. The minimum absolute atomic E-state index is 0.143. The molecule has 2 rings (SSSR count). The molecule has 0 saturated carbocycles. The highest BCUT2D eigenvalue weighted by Gasteiger charge is 2.29. The van der Waals surface area contributed by atoms with Crippen LogP contribution in [0.4, 0.5) is 5.69 Å². The van der Waals surface area contributed by atoms with E-state index in [4.69, 9.17) is 9.84 Å². The number of piperidine rings is 1. The average molecular weight is 370 g/mol. The van der Waals surface area contributed by atoms with Crippen LogP contribution in [0.5, 0.6) is 5.75 Å². The van der Waals surface area contributed by atoms with E-state index < -0.39 is 22.6 Å². The Bertz CT molecular complexity index is 754. The van der Waals surface area contributed by atoms with Gasteiger partial charge in [-0.1, -0.05) is 0 Å². The molecule has 0 atom stereocenters. The first kappa shape index (κ1) is 19.2. The number of carboxylic acid groups (broad SMARTS) is 1. The third kappa shape index (κ3) is 5.43. The summed E-state index contributed by atoms with van der Waals surface area (Å²) in [6.45, 7) is 2.05. The third-order valence-corrected chi connectivity index (χ3v) is 5.41. The SMILES string of the molecule is Cc1cc(OCC(=O)O)ccc1NC(=O)C1CCN(S(C)(=O)=O)CC1. The van der Waals surface area contributed by atoms with Gasteiger partial charge in [-0.25, -0.2) is 17.5 Å². The molecule has 0 aliphatic carbocycles. The van der Waals surface area contributed by atoms with Gasteiger partial charge >= 0.3 is 5.97 Å². The molecule has 1 amide bonds. The summed E-state index contributed by atoms with van der Waals surface area (Å²) in [5.74, 6) is -1.02. The molecule has 0 radical (unpaired) electrons. The number of benzene rings is 1. The van der Waals surface area contributed by atoms with E-state index in [1.807, 2.05) is 0 Å². The molecule has 1 saturated heterocycles. The number of aliphatic carboxylic acids is 1. The van der Waals surface area contributed by atoms with Gasteiger partial charge in [0.25, 0.3) is 0 Å². The molecule has 1 aliphatic rings. The fraction of sp³-hybridized carbons (Fsp3) is 0.500. The molecule has 1 heterocycles. The maximum atomic E-state index is 12.4. The number of amides is 1. The molecule has 1 aromatic rings. The van der Waals surface area contributed by atoms with Crippen molar-refractivity contribution in [2.24, 2.45) is 5.92 Å². The zero-order valence-electron chi connectivity index (χ0n) is 14.2. The van der Waals surface area contributed by atoms with E-state index in [1.54, 1.807) is 25.1 Å². The summed E-state index contributed by atoms with van der Waals surface area (Å²) in [5, 5.41) is 11.5. The van der Waals surface area contributed by atoms with E-state index in [9.17, 15) is 18.0 Å². The highest BCUT2D eigenvalue weighted by atomic mass is 32.2. The van der Waals surface area contributed by atoms with Crippen LogP contribution in [-0.4, -0.2) is 55.7 Å². The maximum Gasteiger partial charge on any atom is 0.341 e. The Kier molecular flexibility index (Phi) is 6.02. The Morgan fingerprint density at radius 2 is 1.96 bits per heavy atom. The largest absolute Gasteiger partial charge is 0.482 e. The highest BCUT2D eigenvalue weighted by Crippen LogP contribution is 2.24. The van der Waals surface area contributed by atoms with Crippen molar-refractivity contribution in [2.45, 2.75) is 19.8 Å². The summed E-state index contributed by atoms with van der Waals surface area (Å²) < 4.78 is 29.5. The van der Waals surface area contributed by atoms with E-state index in [0.29, 0.717) is 37.4 Å². The lowest BCUT2D eigenvalue weighted by atomic mass is 9.97. The molecule has 0 aromatic heterocycles. The fourth-order valence-corrected chi connectivity index (χ4v) is 3.57. The van der Waals surface area contributed by atoms with Crippen molar-refractivity contribution in [3.05, 3.63) is 23.8 Å². The Morgan fingerprint density at radius 3 is 2.48 bits per heavy atom. The van der Waals surface area contributed by atoms with Crippen LogP contribution < -0.4 is 10.1 Å². The second kappa shape index (κ2) is 7.83. The van der Waals surface area contributed by atoms with E-state index in [1.165, 1.54) is 10.6 Å². The first-order chi connectivity index (χ1) is 11.7. The monoisotopic (exact) mass is 370 g/mol. The topological polar surface area (TPSA) is 113 Å². The first-order valence-corrected chi connectivity index (χ1v) is 9.73. The second-order valence-electron chi connectivity index (χ2n) is 6.08. The van der Waals surface area contributed by atoms with Gasteiger partial charge in [0.1, 0.15) is 5.75 Å². The van der Waals surface area contributed by atoms with Crippen LogP contribution in [0, 0.1) is 12.8 Å². The molecule has 0 spiro atoms. The summed E-state index contributed by atoms with van der Waals surface area (Å²) in [4.78, 5) is 22.9. The van der Waals surface area contributed by atoms with Crippen molar-refractivity contribution >= 4 is 27.6 Å². The number of carboxylic acids is 1. The van der Waals surface area contributed by atoms with Gasteiger partial charge in [-0.05, 0) is 43.5 Å². The molecule has 0 unspecified atom stereocenters. The summed E-state index contributed by atoms with van der Waals surface area (Å²) in [7, 11) is -3.21. The number of nitrogens with zero attached hydrogens (tertiary/aromatic N) is 1. The fourth-order valence-electron chi connectivity index (χ4n) is 2.70. The molecule has 25 heavy (non-hydrogen) atoms. The number of ether oxygens (including phenoxy) is 1. The van der Waals surface area contributed by atoms with Crippen molar-refractivity contribution < 1.29 is 27.9 Å². The molecule has 1 aliphatic heterocycles. The second-order valence-corrected chi connectivity index (χ2v) is 8.07. The van der Waals surface area contributed by atoms with E-state index in [-0.39, 0.29) is 11.8 Å². The number of hydrogen-bond donors (Lipinski definition) is 2. The van der Waals surface area contributed by atoms with Crippen LogP contribution in [0.1, 0.15) is 18.4 Å². The van der Waals surface area contributed by atoms with Crippen molar-refractivity contribution in [1.29, 1.82) is 0 Å². The Labute approximate surface area is 146 Å². The number of rotatable bonds is 6. The molecule has 138 valence electrons. The summed E-state index contributed by atoms with van der Waals surface area (Å²) in [6.07, 6.45) is 2.14. The summed E-state index contributed by atoms with van der Waals surface area (Å²) >= 11 is 0. The van der Waals surface area contributed by atoms with Crippen LogP contribution in [0.15, 0.2) is 18.2 Å². The Balaban J connectivity index is 1.94. The van der Waals surface area contributed by atoms with Crippen molar-refractivity contribution in [3.63, 3.8) is 0 Å². The standard InChI is InChI=1S/C16H22N2O6S/c1-11-9-13(24-10-15(19)20)3-4-14(11)17-16(21)12-5-7-18(8-6-12)25(2,22)23/h3-4,9,12H,5-8,10H2,1-2H3,(H,17,21)(H,19,20). The van der Waals surface area contributed by atoms with Crippen molar-refractivity contribution in [3.8, 4) is 5.75 Å². The highest BCUT2D eigenvalue weighted by molar-refractivity contribution is 7.88. The first-order valence-electron chi connectivity index (χ1n) is 7.88. The number of carbonyl (C=O) groups excluding carboxylic acids is 1.